The summed E-state index contributed by atoms with van der Waals surface area (Å²) in [5.41, 5.74) is 2.99. The maximum atomic E-state index is 13.1. The minimum atomic E-state index is -0.302. The average Bonchev–Trinajstić information content (AvgIpc) is 3.59. The number of aryl methyl sites for hydroxylation is 1. The summed E-state index contributed by atoms with van der Waals surface area (Å²) in [4.78, 5) is 13.1. The van der Waals surface area contributed by atoms with Crippen LogP contribution in [-0.2, 0) is 4.79 Å². The van der Waals surface area contributed by atoms with Gasteiger partial charge in [0.2, 0.25) is 11.0 Å². The zero-order valence-corrected chi connectivity index (χ0v) is 18.0. The van der Waals surface area contributed by atoms with E-state index in [1.54, 1.807) is 18.4 Å². The number of nitrogens with two attached hydrogens (primary N) is 1. The number of amides is 1. The third kappa shape index (κ3) is 3.80. The molecular formula is C22H20N6O3S. The van der Waals surface area contributed by atoms with Crippen LogP contribution in [0.5, 0.6) is 0 Å². The Kier molecular flexibility index (Phi) is 5.28. The Bertz CT molecular complexity index is 1250. The number of hydrogen-bond donors (Lipinski definition) is 1. The maximum absolute atomic E-state index is 13.1. The molecule has 3 aromatic heterocycles. The number of carbonyl (C=O) groups excluding carboxylic acids is 1. The van der Waals surface area contributed by atoms with Crippen LogP contribution in [0.4, 0.5) is 0 Å². The SMILES string of the molecule is Cc1ccc(C2=NN(C(=O)CSc3nnc(-c4ccco4)n3N)C(c3ccco3)C2)cc1. The Balaban J connectivity index is 1.35. The summed E-state index contributed by atoms with van der Waals surface area (Å²) in [6.07, 6.45) is 3.71. The quantitative estimate of drug-likeness (QED) is 0.354. The molecule has 9 nitrogen and oxygen atoms in total. The Labute approximate surface area is 187 Å². The summed E-state index contributed by atoms with van der Waals surface area (Å²) in [5.74, 6) is 7.59. The summed E-state index contributed by atoms with van der Waals surface area (Å²) in [6.45, 7) is 2.03. The molecule has 1 aromatic carbocycles. The van der Waals surface area contributed by atoms with Gasteiger partial charge in [-0.1, -0.05) is 41.6 Å². The molecule has 0 spiro atoms. The molecule has 0 saturated heterocycles. The topological polar surface area (TPSA) is 116 Å². The van der Waals surface area contributed by atoms with E-state index in [2.05, 4.69) is 15.3 Å². The molecule has 0 saturated carbocycles. The van der Waals surface area contributed by atoms with Crippen molar-refractivity contribution in [2.75, 3.05) is 11.6 Å². The highest BCUT2D eigenvalue weighted by Gasteiger charge is 2.35. The van der Waals surface area contributed by atoms with Gasteiger partial charge in [-0.25, -0.2) is 9.69 Å². The molecule has 1 aliphatic heterocycles. The van der Waals surface area contributed by atoms with Gasteiger partial charge in [0.05, 0.1) is 24.0 Å². The number of benzene rings is 1. The lowest BCUT2D eigenvalue weighted by atomic mass is 10.0. The minimum Gasteiger partial charge on any atom is -0.467 e. The number of furan rings is 2. The fourth-order valence-electron chi connectivity index (χ4n) is 3.50. The summed E-state index contributed by atoms with van der Waals surface area (Å²) in [7, 11) is 0. The number of thioether (sulfide) groups is 1. The van der Waals surface area contributed by atoms with Crippen molar-refractivity contribution in [2.24, 2.45) is 5.10 Å². The van der Waals surface area contributed by atoms with Crippen molar-refractivity contribution in [1.82, 2.24) is 19.9 Å². The third-order valence-electron chi connectivity index (χ3n) is 5.15. The molecule has 162 valence electrons. The lowest BCUT2D eigenvalue weighted by Gasteiger charge is -2.19. The van der Waals surface area contributed by atoms with Gasteiger partial charge in [0.15, 0.2) is 5.76 Å². The number of nitrogens with zero attached hydrogens (tertiary/aromatic N) is 5. The molecule has 1 aliphatic rings. The highest BCUT2D eigenvalue weighted by molar-refractivity contribution is 7.99. The van der Waals surface area contributed by atoms with Gasteiger partial charge in [-0.05, 0) is 36.8 Å². The van der Waals surface area contributed by atoms with E-state index >= 15 is 0 Å². The predicted molar refractivity (Wildman–Crippen MR) is 119 cm³/mol. The van der Waals surface area contributed by atoms with Gasteiger partial charge in [0, 0.05) is 6.42 Å². The molecule has 32 heavy (non-hydrogen) atoms. The van der Waals surface area contributed by atoms with Crippen LogP contribution in [-0.4, -0.2) is 37.3 Å². The first-order valence-corrected chi connectivity index (χ1v) is 11.0. The highest BCUT2D eigenvalue weighted by atomic mass is 32.2. The van der Waals surface area contributed by atoms with E-state index in [0.717, 1.165) is 11.3 Å². The van der Waals surface area contributed by atoms with Crippen LogP contribution < -0.4 is 5.84 Å². The van der Waals surface area contributed by atoms with E-state index in [0.29, 0.717) is 28.9 Å². The van der Waals surface area contributed by atoms with Crippen molar-refractivity contribution in [1.29, 1.82) is 0 Å². The molecular weight excluding hydrogens is 428 g/mol. The molecule has 10 heteroatoms. The number of aromatic nitrogens is 3. The van der Waals surface area contributed by atoms with Crippen molar-refractivity contribution in [3.05, 3.63) is 77.9 Å². The largest absolute Gasteiger partial charge is 0.467 e. The molecule has 5 rings (SSSR count). The molecule has 1 amide bonds. The highest BCUT2D eigenvalue weighted by Crippen LogP contribution is 2.34. The summed E-state index contributed by atoms with van der Waals surface area (Å²) in [6, 6.07) is 14.9. The van der Waals surface area contributed by atoms with Gasteiger partial charge in [-0.15, -0.1) is 10.2 Å². The number of hydrogen-bond acceptors (Lipinski definition) is 8. The molecule has 0 fully saturated rings. The van der Waals surface area contributed by atoms with Crippen molar-refractivity contribution in [3.8, 4) is 11.6 Å². The second-order valence-electron chi connectivity index (χ2n) is 7.33. The first kappa shape index (κ1) is 20.1. The van der Waals surface area contributed by atoms with E-state index in [1.165, 1.54) is 33.3 Å². The molecule has 4 aromatic rings. The molecule has 2 N–H and O–H groups in total. The van der Waals surface area contributed by atoms with Crippen LogP contribution in [0.1, 0.15) is 29.3 Å². The normalized spacial score (nSPS) is 15.8. The van der Waals surface area contributed by atoms with Gasteiger partial charge < -0.3 is 14.7 Å². The van der Waals surface area contributed by atoms with Gasteiger partial charge >= 0.3 is 0 Å². The van der Waals surface area contributed by atoms with Gasteiger partial charge in [0.1, 0.15) is 11.8 Å². The first-order valence-electron chi connectivity index (χ1n) is 9.97. The summed E-state index contributed by atoms with van der Waals surface area (Å²) < 4.78 is 12.2. The molecule has 0 radical (unpaired) electrons. The zero-order chi connectivity index (χ0) is 22.1. The van der Waals surface area contributed by atoms with E-state index in [4.69, 9.17) is 14.7 Å². The Morgan fingerprint density at radius 1 is 1.12 bits per heavy atom. The van der Waals surface area contributed by atoms with E-state index in [1.807, 2.05) is 43.3 Å². The van der Waals surface area contributed by atoms with Crippen LogP contribution in [0.15, 0.2) is 80.1 Å². The van der Waals surface area contributed by atoms with Crippen LogP contribution >= 0.6 is 11.8 Å². The molecule has 1 atom stereocenters. The predicted octanol–water partition coefficient (Wildman–Crippen LogP) is 3.62. The van der Waals surface area contributed by atoms with Gasteiger partial charge in [0.25, 0.3) is 5.91 Å². The van der Waals surface area contributed by atoms with E-state index < -0.39 is 0 Å². The monoisotopic (exact) mass is 448 g/mol. The van der Waals surface area contributed by atoms with Crippen molar-refractivity contribution in [2.45, 2.75) is 24.5 Å². The summed E-state index contributed by atoms with van der Waals surface area (Å²) in [5, 5.41) is 14.7. The second kappa shape index (κ2) is 8.39. The van der Waals surface area contributed by atoms with Crippen molar-refractivity contribution < 1.29 is 13.6 Å². The number of hydrazone groups is 1. The number of rotatable bonds is 6. The van der Waals surface area contributed by atoms with Crippen LogP contribution in [0.2, 0.25) is 0 Å². The Hall–Kier alpha value is -3.79. The lowest BCUT2D eigenvalue weighted by Crippen LogP contribution is -2.28. The lowest BCUT2D eigenvalue weighted by molar-refractivity contribution is -0.130. The van der Waals surface area contributed by atoms with Crippen LogP contribution in [0.3, 0.4) is 0 Å². The van der Waals surface area contributed by atoms with Crippen LogP contribution in [0.25, 0.3) is 11.6 Å². The average molecular weight is 449 g/mol. The fourth-order valence-corrected chi connectivity index (χ4v) is 4.21. The second-order valence-corrected chi connectivity index (χ2v) is 8.27. The third-order valence-corrected chi connectivity index (χ3v) is 6.08. The van der Waals surface area contributed by atoms with Crippen molar-refractivity contribution >= 4 is 23.4 Å². The first-order chi connectivity index (χ1) is 15.6. The Morgan fingerprint density at radius 2 is 1.91 bits per heavy atom. The summed E-state index contributed by atoms with van der Waals surface area (Å²) >= 11 is 1.19. The van der Waals surface area contributed by atoms with E-state index in [-0.39, 0.29) is 17.7 Å². The smallest absolute Gasteiger partial charge is 0.253 e. The standard InChI is InChI=1S/C22H20N6O3S/c1-14-6-8-15(9-7-14)16-12-17(18-4-2-10-30-18)28(26-16)20(29)13-32-22-25-24-21(27(22)23)19-5-3-11-31-19/h2-11,17H,12-13,23H2,1H3. The molecule has 4 heterocycles. The van der Waals surface area contributed by atoms with Gasteiger partial charge in [-0.3, -0.25) is 4.79 Å². The van der Waals surface area contributed by atoms with Crippen molar-refractivity contribution in [3.63, 3.8) is 0 Å². The van der Waals surface area contributed by atoms with E-state index in [9.17, 15) is 4.79 Å². The number of carbonyl (C=O) groups is 1. The zero-order valence-electron chi connectivity index (χ0n) is 17.2. The van der Waals surface area contributed by atoms with Gasteiger partial charge in [-0.2, -0.15) is 5.10 Å². The number of nitrogen functional groups attached to an aromatic ring is 1. The fraction of sp³-hybridized carbons (Fsp3) is 0.182. The minimum absolute atomic E-state index is 0.0926. The van der Waals surface area contributed by atoms with Crippen LogP contribution in [0, 0.1) is 6.92 Å². The Morgan fingerprint density at radius 3 is 2.62 bits per heavy atom. The molecule has 1 unspecified atom stereocenters. The molecule has 0 aliphatic carbocycles. The molecule has 0 bridgehead atoms. The maximum Gasteiger partial charge on any atom is 0.253 e.